The van der Waals surface area contributed by atoms with Crippen molar-refractivity contribution in [2.24, 2.45) is 5.92 Å². The van der Waals surface area contributed by atoms with Crippen LogP contribution in [0.1, 0.15) is 53.1 Å². The Balaban J connectivity index is 1.54. The zero-order chi connectivity index (χ0) is 18.5. The van der Waals surface area contributed by atoms with E-state index >= 15 is 0 Å². The molecule has 1 amide bonds. The summed E-state index contributed by atoms with van der Waals surface area (Å²) in [5, 5.41) is 8.44. The van der Waals surface area contributed by atoms with Gasteiger partial charge < -0.3 is 10.1 Å². The van der Waals surface area contributed by atoms with E-state index in [0.717, 1.165) is 54.0 Å². The first-order valence-corrected chi connectivity index (χ1v) is 10.5. The standard InChI is InChI=1S/C19H23N5O2S/c1-10-5-6-14-13(8-10)15-17-22-16(18(25)20-9-12-4-3-7-26-12)23-24(17)11(2)21-19(15)27-14/h10,12H,3-9H2,1-2H3,(H,20,25)/t10-,12+/m1/s1. The first-order chi connectivity index (χ1) is 13.1. The van der Waals surface area contributed by atoms with E-state index in [1.807, 2.05) is 6.92 Å². The number of ether oxygens (including phenoxy) is 1. The Labute approximate surface area is 161 Å². The maximum Gasteiger partial charge on any atom is 0.291 e. The lowest BCUT2D eigenvalue weighted by Gasteiger charge is -2.17. The predicted octanol–water partition coefficient (Wildman–Crippen LogP) is 2.68. The molecular formula is C19H23N5O2S. The summed E-state index contributed by atoms with van der Waals surface area (Å²) in [6, 6.07) is 0. The summed E-state index contributed by atoms with van der Waals surface area (Å²) in [5.74, 6) is 1.37. The van der Waals surface area contributed by atoms with Crippen LogP contribution in [0.25, 0.3) is 15.9 Å². The molecule has 0 bridgehead atoms. The van der Waals surface area contributed by atoms with Gasteiger partial charge in [0.15, 0.2) is 5.65 Å². The van der Waals surface area contributed by atoms with Crippen molar-refractivity contribution >= 4 is 33.1 Å². The Kier molecular flexibility index (Phi) is 4.12. The van der Waals surface area contributed by atoms with Crippen molar-refractivity contribution in [1.82, 2.24) is 24.9 Å². The zero-order valence-electron chi connectivity index (χ0n) is 15.6. The van der Waals surface area contributed by atoms with Gasteiger partial charge in [0.1, 0.15) is 10.7 Å². The fourth-order valence-electron chi connectivity index (χ4n) is 4.13. The van der Waals surface area contributed by atoms with Crippen LogP contribution in [-0.2, 0) is 17.6 Å². The Bertz CT molecular complexity index is 1030. The number of carbonyl (C=O) groups is 1. The van der Waals surface area contributed by atoms with Crippen LogP contribution in [-0.4, -0.2) is 44.7 Å². The second-order valence-corrected chi connectivity index (χ2v) is 8.79. The molecule has 0 aromatic carbocycles. The van der Waals surface area contributed by atoms with Crippen LogP contribution in [0.2, 0.25) is 0 Å². The van der Waals surface area contributed by atoms with Crippen molar-refractivity contribution in [1.29, 1.82) is 0 Å². The summed E-state index contributed by atoms with van der Waals surface area (Å²) in [6.07, 6.45) is 5.51. The van der Waals surface area contributed by atoms with E-state index in [-0.39, 0.29) is 17.8 Å². The van der Waals surface area contributed by atoms with Gasteiger partial charge in [-0.3, -0.25) is 4.79 Å². The molecule has 142 valence electrons. The molecule has 0 spiro atoms. The fraction of sp³-hybridized carbons (Fsp3) is 0.579. The molecule has 1 aliphatic carbocycles. The molecule has 2 aliphatic rings. The van der Waals surface area contributed by atoms with Gasteiger partial charge in [0.05, 0.1) is 11.5 Å². The van der Waals surface area contributed by atoms with E-state index in [0.29, 0.717) is 12.5 Å². The molecule has 0 radical (unpaired) electrons. The van der Waals surface area contributed by atoms with E-state index in [2.05, 4.69) is 22.3 Å². The molecule has 8 heteroatoms. The average molecular weight is 385 g/mol. The van der Waals surface area contributed by atoms with Crippen molar-refractivity contribution in [3.05, 3.63) is 22.1 Å². The monoisotopic (exact) mass is 385 g/mol. The van der Waals surface area contributed by atoms with Crippen LogP contribution in [0.5, 0.6) is 0 Å². The number of aryl methyl sites for hydroxylation is 2. The molecule has 3 aromatic rings. The summed E-state index contributed by atoms with van der Waals surface area (Å²) < 4.78 is 7.29. The van der Waals surface area contributed by atoms with Crippen molar-refractivity contribution in [2.45, 2.75) is 52.1 Å². The number of hydrogen-bond acceptors (Lipinski definition) is 6. The van der Waals surface area contributed by atoms with Crippen LogP contribution in [0.15, 0.2) is 0 Å². The predicted molar refractivity (Wildman–Crippen MR) is 103 cm³/mol. The van der Waals surface area contributed by atoms with Crippen molar-refractivity contribution in [3.8, 4) is 0 Å². The molecule has 27 heavy (non-hydrogen) atoms. The van der Waals surface area contributed by atoms with Gasteiger partial charge in [-0.25, -0.2) is 9.97 Å². The Morgan fingerprint density at radius 3 is 3.07 bits per heavy atom. The molecule has 1 N–H and O–H groups in total. The van der Waals surface area contributed by atoms with Crippen molar-refractivity contribution < 1.29 is 9.53 Å². The first kappa shape index (κ1) is 17.1. The Morgan fingerprint density at radius 2 is 2.26 bits per heavy atom. The molecule has 3 aromatic heterocycles. The smallest absolute Gasteiger partial charge is 0.291 e. The van der Waals surface area contributed by atoms with Gasteiger partial charge in [-0.1, -0.05) is 6.92 Å². The minimum atomic E-state index is -0.251. The number of nitrogens with one attached hydrogen (secondary N) is 1. The minimum Gasteiger partial charge on any atom is -0.376 e. The highest BCUT2D eigenvalue weighted by molar-refractivity contribution is 7.19. The highest BCUT2D eigenvalue weighted by atomic mass is 32.1. The minimum absolute atomic E-state index is 0.103. The number of fused-ring (bicyclic) bond motifs is 5. The number of carbonyl (C=O) groups excluding carboxylic acids is 1. The maximum absolute atomic E-state index is 12.6. The second kappa shape index (κ2) is 6.53. The number of aromatic nitrogens is 4. The highest BCUT2D eigenvalue weighted by Gasteiger charge is 2.26. The van der Waals surface area contributed by atoms with Gasteiger partial charge in [-0.2, -0.15) is 4.52 Å². The summed E-state index contributed by atoms with van der Waals surface area (Å²) >= 11 is 1.77. The third-order valence-electron chi connectivity index (χ3n) is 5.61. The molecule has 0 saturated carbocycles. The molecule has 0 unspecified atom stereocenters. The highest BCUT2D eigenvalue weighted by Crippen LogP contribution is 2.38. The number of rotatable bonds is 3. The molecule has 2 atom stereocenters. The molecule has 4 heterocycles. The zero-order valence-corrected chi connectivity index (χ0v) is 16.4. The summed E-state index contributed by atoms with van der Waals surface area (Å²) in [5.41, 5.74) is 2.11. The topological polar surface area (TPSA) is 81.4 Å². The van der Waals surface area contributed by atoms with E-state index in [9.17, 15) is 4.79 Å². The molecule has 1 aliphatic heterocycles. The molecule has 7 nitrogen and oxygen atoms in total. The van der Waals surface area contributed by atoms with Crippen LogP contribution in [0, 0.1) is 12.8 Å². The van der Waals surface area contributed by atoms with Crippen molar-refractivity contribution in [2.75, 3.05) is 13.2 Å². The Morgan fingerprint density at radius 1 is 1.37 bits per heavy atom. The van der Waals surface area contributed by atoms with Crippen LogP contribution in [0.3, 0.4) is 0 Å². The molecular weight excluding hydrogens is 362 g/mol. The molecule has 1 fully saturated rings. The largest absolute Gasteiger partial charge is 0.376 e. The summed E-state index contributed by atoms with van der Waals surface area (Å²) in [6.45, 7) is 5.49. The lowest BCUT2D eigenvalue weighted by molar-refractivity contribution is 0.0849. The van der Waals surface area contributed by atoms with Crippen LogP contribution >= 0.6 is 11.3 Å². The van der Waals surface area contributed by atoms with Gasteiger partial charge in [0.2, 0.25) is 5.82 Å². The lowest BCUT2D eigenvalue weighted by Crippen LogP contribution is -2.32. The van der Waals surface area contributed by atoms with E-state index in [4.69, 9.17) is 9.72 Å². The van der Waals surface area contributed by atoms with E-state index < -0.39 is 0 Å². The van der Waals surface area contributed by atoms with Gasteiger partial charge in [-0.15, -0.1) is 16.4 Å². The maximum atomic E-state index is 12.6. The van der Waals surface area contributed by atoms with E-state index in [1.165, 1.54) is 16.9 Å². The number of nitrogens with zero attached hydrogens (tertiary/aromatic N) is 4. The lowest BCUT2D eigenvalue weighted by atomic mass is 9.89. The van der Waals surface area contributed by atoms with Gasteiger partial charge in [0, 0.05) is 18.0 Å². The number of hydrogen-bond donors (Lipinski definition) is 1. The van der Waals surface area contributed by atoms with Crippen LogP contribution in [0.4, 0.5) is 0 Å². The third kappa shape index (κ3) is 2.91. The fourth-order valence-corrected chi connectivity index (χ4v) is 5.39. The van der Waals surface area contributed by atoms with Crippen LogP contribution < -0.4 is 5.32 Å². The third-order valence-corrected chi connectivity index (χ3v) is 6.79. The Hall–Kier alpha value is -2.06. The number of amides is 1. The van der Waals surface area contributed by atoms with Gasteiger partial charge >= 0.3 is 0 Å². The second-order valence-electron chi connectivity index (χ2n) is 7.71. The average Bonchev–Trinajstić information content (AvgIpc) is 3.37. The molecule has 1 saturated heterocycles. The SMILES string of the molecule is Cc1nc2sc3c(c2c2nc(C(=O)NC[C@@H]4CCCO4)nn12)C[C@H](C)CC3. The normalized spacial score (nSPS) is 22.4. The molecule has 5 rings (SSSR count). The first-order valence-electron chi connectivity index (χ1n) is 9.67. The van der Waals surface area contributed by atoms with Crippen molar-refractivity contribution in [3.63, 3.8) is 0 Å². The quantitative estimate of drug-likeness (QED) is 0.750. The summed E-state index contributed by atoms with van der Waals surface area (Å²) in [4.78, 5) is 24.4. The summed E-state index contributed by atoms with van der Waals surface area (Å²) in [7, 11) is 0. The van der Waals surface area contributed by atoms with E-state index in [1.54, 1.807) is 15.9 Å². The number of thiophene rings is 1. The van der Waals surface area contributed by atoms with Gasteiger partial charge in [0.25, 0.3) is 5.91 Å². The van der Waals surface area contributed by atoms with Gasteiger partial charge in [-0.05, 0) is 50.5 Å².